The van der Waals surface area contributed by atoms with Crippen molar-refractivity contribution in [2.24, 2.45) is 0 Å². The summed E-state index contributed by atoms with van der Waals surface area (Å²) in [5.74, 6) is -0.221. The summed E-state index contributed by atoms with van der Waals surface area (Å²) in [6.07, 6.45) is 12.8. The predicted molar refractivity (Wildman–Crippen MR) is 135 cm³/mol. The number of carbonyl (C=O) groups is 1. The summed E-state index contributed by atoms with van der Waals surface area (Å²) < 4.78 is 5.58. The molecule has 0 aliphatic carbocycles. The van der Waals surface area contributed by atoms with Crippen LogP contribution in [0, 0.1) is 6.92 Å². The van der Waals surface area contributed by atoms with E-state index in [0.29, 0.717) is 5.56 Å². The Bertz CT molecular complexity index is 639. The van der Waals surface area contributed by atoms with Gasteiger partial charge in [-0.1, -0.05) is 0 Å². The molecule has 1 aromatic rings. The number of aryl methyl sites for hydroxylation is 1. The standard InChI is InChI=1S/C25H44BrO2P/c1-8-11-16-29(26,17-12-9-2,18-13-10-3)20-22-14-15-23(21(4)19-22)24(27)28-25(5,6)7/h14-15,19H,8-13,16-18,20H2,1-7H3. The van der Waals surface area contributed by atoms with Crippen LogP contribution >= 0.6 is 20.8 Å². The van der Waals surface area contributed by atoms with E-state index in [1.165, 1.54) is 62.6 Å². The molecule has 1 aromatic carbocycles. The number of ether oxygens (including phenoxy) is 1. The molecule has 2 nitrogen and oxygen atoms in total. The molecular formula is C25H44BrO2P. The zero-order valence-electron chi connectivity index (χ0n) is 19.9. The minimum absolute atomic E-state index is 0.221. The van der Waals surface area contributed by atoms with Gasteiger partial charge in [-0.2, -0.15) is 0 Å². The Kier molecular flexibility index (Phi) is 10.4. The fourth-order valence-electron chi connectivity index (χ4n) is 4.07. The Hall–Kier alpha value is -0.400. The van der Waals surface area contributed by atoms with Gasteiger partial charge in [0.25, 0.3) is 0 Å². The second-order valence-electron chi connectivity index (χ2n) is 9.86. The summed E-state index contributed by atoms with van der Waals surface area (Å²) in [5.41, 5.74) is 2.61. The van der Waals surface area contributed by atoms with E-state index in [9.17, 15) is 4.79 Å². The zero-order chi connectivity index (χ0) is 22.2. The van der Waals surface area contributed by atoms with Gasteiger partial charge in [0.1, 0.15) is 0 Å². The maximum absolute atomic E-state index is 12.5. The second kappa shape index (κ2) is 11.3. The summed E-state index contributed by atoms with van der Waals surface area (Å²) in [6.45, 7) is 14.7. The Labute approximate surface area is 188 Å². The van der Waals surface area contributed by atoms with Gasteiger partial charge in [0.2, 0.25) is 0 Å². The molecule has 0 unspecified atom stereocenters. The fraction of sp³-hybridized carbons (Fsp3) is 0.720. The van der Waals surface area contributed by atoms with Gasteiger partial charge in [0, 0.05) is 0 Å². The van der Waals surface area contributed by atoms with E-state index in [2.05, 4.69) is 48.4 Å². The molecule has 0 amide bonds. The first kappa shape index (κ1) is 26.6. The van der Waals surface area contributed by atoms with Gasteiger partial charge in [-0.05, 0) is 0 Å². The van der Waals surface area contributed by atoms with Crippen LogP contribution in [0.3, 0.4) is 0 Å². The molecule has 0 radical (unpaired) electrons. The van der Waals surface area contributed by atoms with E-state index in [1.807, 2.05) is 33.8 Å². The van der Waals surface area contributed by atoms with Crippen molar-refractivity contribution in [2.75, 3.05) is 18.5 Å². The molecule has 0 bridgehead atoms. The third-order valence-corrected chi connectivity index (χ3v) is 15.1. The topological polar surface area (TPSA) is 26.3 Å². The van der Waals surface area contributed by atoms with Crippen molar-refractivity contribution in [3.63, 3.8) is 0 Å². The van der Waals surface area contributed by atoms with Crippen molar-refractivity contribution < 1.29 is 9.53 Å². The summed E-state index contributed by atoms with van der Waals surface area (Å²) in [4.78, 5) is 12.5. The molecule has 0 saturated carbocycles. The van der Waals surface area contributed by atoms with Crippen molar-refractivity contribution in [3.8, 4) is 0 Å². The Morgan fingerprint density at radius 1 is 0.966 bits per heavy atom. The minimum atomic E-state index is -2.00. The van der Waals surface area contributed by atoms with Gasteiger partial charge in [0.15, 0.2) is 0 Å². The zero-order valence-corrected chi connectivity index (χ0v) is 22.4. The first-order valence-corrected chi connectivity index (χ1v) is 16.5. The van der Waals surface area contributed by atoms with E-state index in [4.69, 9.17) is 4.74 Å². The van der Waals surface area contributed by atoms with E-state index in [-0.39, 0.29) is 5.97 Å². The molecular weight excluding hydrogens is 443 g/mol. The average Bonchev–Trinajstić information content (AvgIpc) is 2.62. The fourth-order valence-corrected chi connectivity index (χ4v) is 12.8. The van der Waals surface area contributed by atoms with Crippen molar-refractivity contribution in [2.45, 2.75) is 98.8 Å². The SMILES string of the molecule is CCCCP(Br)(CCCC)(CCCC)Cc1ccc(C(=O)OC(C)(C)C)c(C)c1. The van der Waals surface area contributed by atoms with E-state index in [1.54, 1.807) is 0 Å². The predicted octanol–water partition coefficient (Wildman–Crippen LogP) is 8.71. The van der Waals surface area contributed by atoms with Crippen LogP contribution in [0.4, 0.5) is 0 Å². The molecule has 0 aromatic heterocycles. The Morgan fingerprint density at radius 3 is 1.83 bits per heavy atom. The van der Waals surface area contributed by atoms with Crippen LogP contribution in [0.5, 0.6) is 0 Å². The quantitative estimate of drug-likeness (QED) is 0.218. The number of halogens is 1. The van der Waals surface area contributed by atoms with Crippen molar-refractivity contribution in [1.29, 1.82) is 0 Å². The van der Waals surface area contributed by atoms with Gasteiger partial charge in [0.05, 0.1) is 0 Å². The number of benzene rings is 1. The van der Waals surface area contributed by atoms with Gasteiger partial charge in [-0.15, -0.1) is 0 Å². The van der Waals surface area contributed by atoms with Gasteiger partial charge >= 0.3 is 188 Å². The number of carbonyl (C=O) groups excluding carboxylic acids is 1. The first-order chi connectivity index (χ1) is 13.5. The normalized spacial score (nSPS) is 13.7. The van der Waals surface area contributed by atoms with Crippen LogP contribution in [-0.2, 0) is 10.9 Å². The molecule has 0 fully saturated rings. The molecule has 29 heavy (non-hydrogen) atoms. The second-order valence-corrected chi connectivity index (χ2v) is 21.2. The number of esters is 1. The van der Waals surface area contributed by atoms with Crippen LogP contribution in [0.15, 0.2) is 18.2 Å². The van der Waals surface area contributed by atoms with Crippen LogP contribution < -0.4 is 0 Å². The van der Waals surface area contributed by atoms with E-state index < -0.39 is 10.9 Å². The average molecular weight is 488 g/mol. The molecule has 0 saturated heterocycles. The number of unbranched alkanes of at least 4 members (excludes halogenated alkanes) is 3. The molecule has 0 aliphatic rings. The monoisotopic (exact) mass is 486 g/mol. The molecule has 0 atom stereocenters. The molecule has 0 spiro atoms. The van der Waals surface area contributed by atoms with E-state index >= 15 is 0 Å². The number of hydrogen-bond acceptors (Lipinski definition) is 2. The number of rotatable bonds is 12. The van der Waals surface area contributed by atoms with Crippen LogP contribution in [0.25, 0.3) is 0 Å². The van der Waals surface area contributed by atoms with Gasteiger partial charge in [-0.25, -0.2) is 0 Å². The first-order valence-electron chi connectivity index (χ1n) is 11.5. The van der Waals surface area contributed by atoms with Gasteiger partial charge < -0.3 is 0 Å². The third-order valence-electron chi connectivity index (χ3n) is 5.70. The van der Waals surface area contributed by atoms with Crippen molar-refractivity contribution in [3.05, 3.63) is 34.9 Å². The van der Waals surface area contributed by atoms with Crippen molar-refractivity contribution >= 4 is 26.8 Å². The molecule has 0 heterocycles. The summed E-state index contributed by atoms with van der Waals surface area (Å²) in [5, 5.41) is -2.00. The molecule has 168 valence electrons. The number of hydrogen-bond donors (Lipinski definition) is 0. The summed E-state index contributed by atoms with van der Waals surface area (Å²) in [7, 11) is 0. The van der Waals surface area contributed by atoms with Crippen molar-refractivity contribution in [1.82, 2.24) is 0 Å². The molecule has 0 aliphatic heterocycles. The van der Waals surface area contributed by atoms with Gasteiger partial charge in [-0.3, -0.25) is 0 Å². The van der Waals surface area contributed by atoms with Crippen LogP contribution in [0.2, 0.25) is 0 Å². The Morgan fingerprint density at radius 2 is 1.45 bits per heavy atom. The summed E-state index contributed by atoms with van der Waals surface area (Å²) >= 11 is 4.48. The third kappa shape index (κ3) is 8.70. The Balaban J connectivity index is 3.20. The van der Waals surface area contributed by atoms with Crippen LogP contribution in [-0.4, -0.2) is 30.1 Å². The van der Waals surface area contributed by atoms with Crippen LogP contribution in [0.1, 0.15) is 102 Å². The summed E-state index contributed by atoms with van der Waals surface area (Å²) in [6, 6.07) is 6.37. The van der Waals surface area contributed by atoms with E-state index in [0.717, 1.165) is 11.7 Å². The molecule has 0 N–H and O–H groups in total. The molecule has 1 rings (SSSR count). The molecule has 4 heteroatoms. The maximum atomic E-state index is 12.5.